The predicted octanol–water partition coefficient (Wildman–Crippen LogP) is 2.79. The minimum absolute atomic E-state index is 0.0509. The van der Waals surface area contributed by atoms with Crippen molar-refractivity contribution in [2.75, 3.05) is 16.8 Å². The highest BCUT2D eigenvalue weighted by atomic mass is 16.5. The van der Waals surface area contributed by atoms with Crippen LogP contribution in [0, 0.1) is 13.8 Å². The van der Waals surface area contributed by atoms with Gasteiger partial charge in [0.05, 0.1) is 17.5 Å². The maximum Gasteiger partial charge on any atom is 0.326 e. The van der Waals surface area contributed by atoms with E-state index in [0.717, 1.165) is 22.5 Å². The molecule has 2 rings (SSSR count). The van der Waals surface area contributed by atoms with Crippen LogP contribution in [0.1, 0.15) is 38.3 Å². The summed E-state index contributed by atoms with van der Waals surface area (Å²) in [5.41, 5.74) is 3.89. The Labute approximate surface area is 131 Å². The van der Waals surface area contributed by atoms with Crippen LogP contribution in [0.4, 0.5) is 11.4 Å². The molecule has 0 saturated carbocycles. The number of rotatable bonds is 4. The van der Waals surface area contributed by atoms with Crippen molar-refractivity contribution >= 4 is 23.3 Å². The average Bonchev–Trinajstić information content (AvgIpc) is 2.43. The molecule has 1 N–H and O–H groups in total. The zero-order valence-electron chi connectivity index (χ0n) is 13.9. The molecule has 1 atom stereocenters. The number of fused-ring (bicyclic) bond motifs is 1. The smallest absolute Gasteiger partial charge is 0.326 e. The molecule has 0 radical (unpaired) electrons. The van der Waals surface area contributed by atoms with E-state index in [1.54, 1.807) is 13.8 Å². The van der Waals surface area contributed by atoms with E-state index in [9.17, 15) is 9.59 Å². The first-order valence-corrected chi connectivity index (χ1v) is 7.72. The van der Waals surface area contributed by atoms with Gasteiger partial charge in [-0.2, -0.15) is 0 Å². The Bertz CT molecular complexity index is 596. The van der Waals surface area contributed by atoms with Crippen molar-refractivity contribution in [1.29, 1.82) is 0 Å². The first kappa shape index (κ1) is 16.3. The second-order valence-electron chi connectivity index (χ2n) is 6.02. The number of nitrogens with one attached hydrogen (secondary N) is 1. The van der Waals surface area contributed by atoms with Crippen LogP contribution < -0.4 is 10.2 Å². The number of carbonyl (C=O) groups excluding carboxylic acids is 2. The van der Waals surface area contributed by atoms with E-state index in [1.807, 2.05) is 32.9 Å². The number of carbonyl (C=O) groups is 2. The Morgan fingerprint density at radius 3 is 2.55 bits per heavy atom. The van der Waals surface area contributed by atoms with Crippen LogP contribution in [-0.4, -0.2) is 30.6 Å². The topological polar surface area (TPSA) is 58.6 Å². The van der Waals surface area contributed by atoms with Crippen LogP contribution in [0.5, 0.6) is 0 Å². The molecule has 0 aromatic heterocycles. The minimum Gasteiger partial charge on any atom is -0.462 e. The van der Waals surface area contributed by atoms with Crippen molar-refractivity contribution < 1.29 is 14.3 Å². The van der Waals surface area contributed by atoms with E-state index in [0.29, 0.717) is 6.42 Å². The van der Waals surface area contributed by atoms with Gasteiger partial charge in [0.1, 0.15) is 12.6 Å². The van der Waals surface area contributed by atoms with Gasteiger partial charge in [-0.15, -0.1) is 0 Å². The Morgan fingerprint density at radius 2 is 1.95 bits per heavy atom. The summed E-state index contributed by atoms with van der Waals surface area (Å²) >= 11 is 0. The molecule has 0 fully saturated rings. The average molecular weight is 304 g/mol. The van der Waals surface area contributed by atoms with Crippen molar-refractivity contribution in [1.82, 2.24) is 0 Å². The van der Waals surface area contributed by atoms with E-state index in [-0.39, 0.29) is 30.6 Å². The third kappa shape index (κ3) is 3.24. The summed E-state index contributed by atoms with van der Waals surface area (Å²) in [6, 6.07) is 3.67. The minimum atomic E-state index is -0.385. The molecule has 5 nitrogen and oxygen atoms in total. The van der Waals surface area contributed by atoms with Crippen molar-refractivity contribution in [2.24, 2.45) is 0 Å². The maximum atomic E-state index is 12.6. The Hall–Kier alpha value is -2.04. The number of hydrogen-bond donors (Lipinski definition) is 1. The monoisotopic (exact) mass is 304 g/mol. The first-order valence-electron chi connectivity index (χ1n) is 7.72. The second kappa shape index (κ2) is 6.38. The van der Waals surface area contributed by atoms with Gasteiger partial charge >= 0.3 is 5.97 Å². The number of aryl methyl sites for hydroxylation is 2. The lowest BCUT2D eigenvalue weighted by Gasteiger charge is -2.35. The van der Waals surface area contributed by atoms with E-state index in [1.165, 1.54) is 4.90 Å². The largest absolute Gasteiger partial charge is 0.462 e. The van der Waals surface area contributed by atoms with Crippen LogP contribution in [0.15, 0.2) is 12.1 Å². The molecule has 1 aromatic carbocycles. The van der Waals surface area contributed by atoms with Crippen molar-refractivity contribution in [2.45, 2.75) is 53.2 Å². The lowest BCUT2D eigenvalue weighted by Crippen LogP contribution is -2.49. The molecule has 1 aliphatic rings. The fraction of sp³-hybridized carbons (Fsp3) is 0.529. The lowest BCUT2D eigenvalue weighted by molar-refractivity contribution is -0.146. The first-order chi connectivity index (χ1) is 10.3. The van der Waals surface area contributed by atoms with Crippen molar-refractivity contribution in [3.05, 3.63) is 23.3 Å². The number of ether oxygens (including phenoxy) is 1. The van der Waals surface area contributed by atoms with Gasteiger partial charge in [-0.05, 0) is 57.4 Å². The molecule has 22 heavy (non-hydrogen) atoms. The lowest BCUT2D eigenvalue weighted by atomic mass is 10.0. The third-order valence-electron chi connectivity index (χ3n) is 3.86. The molecule has 120 valence electrons. The molecule has 0 bridgehead atoms. The van der Waals surface area contributed by atoms with Crippen molar-refractivity contribution in [3.8, 4) is 0 Å². The van der Waals surface area contributed by atoms with Gasteiger partial charge in [0.15, 0.2) is 0 Å². The van der Waals surface area contributed by atoms with Crippen LogP contribution >= 0.6 is 0 Å². The molecule has 5 heteroatoms. The second-order valence-corrected chi connectivity index (χ2v) is 6.02. The summed E-state index contributed by atoms with van der Waals surface area (Å²) in [4.78, 5) is 26.1. The zero-order chi connectivity index (χ0) is 16.4. The van der Waals surface area contributed by atoms with Gasteiger partial charge in [-0.25, -0.2) is 0 Å². The molecule has 1 amide bonds. The van der Waals surface area contributed by atoms with Crippen LogP contribution in [0.2, 0.25) is 0 Å². The number of nitrogens with zero attached hydrogens (tertiary/aromatic N) is 1. The van der Waals surface area contributed by atoms with Crippen LogP contribution in [-0.2, 0) is 14.3 Å². The van der Waals surface area contributed by atoms with E-state index in [2.05, 4.69) is 5.32 Å². The van der Waals surface area contributed by atoms with Gasteiger partial charge in [0.25, 0.3) is 0 Å². The molecule has 0 saturated heterocycles. The van der Waals surface area contributed by atoms with E-state index < -0.39 is 0 Å². The fourth-order valence-corrected chi connectivity index (χ4v) is 2.57. The van der Waals surface area contributed by atoms with Crippen molar-refractivity contribution in [3.63, 3.8) is 0 Å². The third-order valence-corrected chi connectivity index (χ3v) is 3.86. The zero-order valence-corrected chi connectivity index (χ0v) is 13.9. The highest BCUT2D eigenvalue weighted by Crippen LogP contribution is 2.34. The van der Waals surface area contributed by atoms with E-state index >= 15 is 0 Å². The number of hydrogen-bond acceptors (Lipinski definition) is 4. The van der Waals surface area contributed by atoms with Gasteiger partial charge in [0, 0.05) is 0 Å². The summed E-state index contributed by atoms with van der Waals surface area (Å²) in [6.45, 7) is 9.53. The number of anilines is 2. The van der Waals surface area contributed by atoms with E-state index in [4.69, 9.17) is 4.74 Å². The summed E-state index contributed by atoms with van der Waals surface area (Å²) in [7, 11) is 0. The molecular formula is C17H24N2O3. The number of amides is 1. The van der Waals surface area contributed by atoms with Gasteiger partial charge < -0.3 is 10.1 Å². The summed E-state index contributed by atoms with van der Waals surface area (Å²) in [6.07, 6.45) is 0.479. The summed E-state index contributed by atoms with van der Waals surface area (Å²) in [5.74, 6) is -0.469. The molecular weight excluding hydrogens is 280 g/mol. The fourth-order valence-electron chi connectivity index (χ4n) is 2.57. The summed E-state index contributed by atoms with van der Waals surface area (Å²) in [5, 5.41) is 3.27. The number of benzene rings is 1. The standard InChI is InChI=1S/C17H24N2O3/c1-6-13-17(21)19(9-16(20)22-10(2)3)15-8-12(5)11(4)7-14(15)18-13/h7-8,10,13,18H,6,9H2,1-5H3. The molecule has 0 spiro atoms. The SMILES string of the molecule is CCC1Nc2cc(C)c(C)cc2N(CC(=O)OC(C)C)C1=O. The Morgan fingerprint density at radius 1 is 1.32 bits per heavy atom. The predicted molar refractivity (Wildman–Crippen MR) is 87.2 cm³/mol. The molecule has 1 aliphatic heterocycles. The number of esters is 1. The van der Waals surface area contributed by atoms with Gasteiger partial charge in [-0.3, -0.25) is 14.5 Å². The Balaban J connectivity index is 2.36. The molecule has 0 aliphatic carbocycles. The molecule has 1 aromatic rings. The van der Waals surface area contributed by atoms with Gasteiger partial charge in [0.2, 0.25) is 5.91 Å². The summed E-state index contributed by atoms with van der Waals surface area (Å²) < 4.78 is 5.19. The normalized spacial score (nSPS) is 17.3. The molecule has 1 heterocycles. The highest BCUT2D eigenvalue weighted by molar-refractivity contribution is 6.07. The highest BCUT2D eigenvalue weighted by Gasteiger charge is 2.33. The maximum absolute atomic E-state index is 12.6. The quantitative estimate of drug-likeness (QED) is 0.869. The van der Waals surface area contributed by atoms with Gasteiger partial charge in [-0.1, -0.05) is 6.92 Å². The van der Waals surface area contributed by atoms with Crippen LogP contribution in [0.25, 0.3) is 0 Å². The molecule has 1 unspecified atom stereocenters. The Kier molecular flexibility index (Phi) is 4.74. The van der Waals surface area contributed by atoms with Crippen LogP contribution in [0.3, 0.4) is 0 Å².